The summed E-state index contributed by atoms with van der Waals surface area (Å²) >= 11 is 0.435. The van der Waals surface area contributed by atoms with E-state index in [4.69, 9.17) is 5.11 Å². The Kier molecular flexibility index (Phi) is 1.79. The minimum atomic E-state index is -4.45. The zero-order valence-electron chi connectivity index (χ0n) is 5.44. The van der Waals surface area contributed by atoms with Gasteiger partial charge in [-0.15, -0.1) is 11.3 Å². The zero-order chi connectivity index (χ0) is 8.65. The molecule has 11 heavy (non-hydrogen) atoms. The van der Waals surface area contributed by atoms with E-state index in [9.17, 15) is 13.2 Å². The number of nitrogens with zero attached hydrogens (tertiary/aromatic N) is 1. The number of halogens is 3. The van der Waals surface area contributed by atoms with Crippen LogP contribution < -0.4 is 0 Å². The number of rotatable bonds is 0. The molecule has 0 bridgehead atoms. The molecular formula is C5H4F3NOS. The van der Waals surface area contributed by atoms with Crippen LogP contribution in [0, 0.1) is 6.92 Å². The number of aromatic nitrogens is 1. The first-order chi connectivity index (χ1) is 4.91. The Hall–Kier alpha value is -0.780. The molecule has 6 heteroatoms. The maximum absolute atomic E-state index is 11.8. The van der Waals surface area contributed by atoms with Crippen LogP contribution in [0.1, 0.15) is 9.88 Å². The van der Waals surface area contributed by atoms with Crippen molar-refractivity contribution >= 4 is 11.3 Å². The smallest absolute Gasteiger partial charge is 0.443 e. The molecule has 2 nitrogen and oxygen atoms in total. The molecule has 0 saturated carbocycles. The van der Waals surface area contributed by atoms with Crippen molar-refractivity contribution in [1.29, 1.82) is 0 Å². The topological polar surface area (TPSA) is 33.1 Å². The van der Waals surface area contributed by atoms with Crippen molar-refractivity contribution in [2.75, 3.05) is 0 Å². The Bertz CT molecular complexity index is 248. The van der Waals surface area contributed by atoms with E-state index < -0.39 is 17.1 Å². The van der Waals surface area contributed by atoms with Gasteiger partial charge in [-0.3, -0.25) is 0 Å². The maximum Gasteiger partial charge on any atom is 0.443 e. The summed E-state index contributed by atoms with van der Waals surface area (Å²) in [5, 5.41) is 7.70. The molecule has 0 aliphatic carbocycles. The third-order valence-electron chi connectivity index (χ3n) is 1.01. The van der Waals surface area contributed by atoms with Gasteiger partial charge in [-0.05, 0) is 6.92 Å². The summed E-state index contributed by atoms with van der Waals surface area (Å²) in [6, 6.07) is 0. The molecule has 0 atom stereocenters. The van der Waals surface area contributed by atoms with Gasteiger partial charge in [0.05, 0.1) is 4.88 Å². The molecule has 0 amide bonds. The maximum atomic E-state index is 11.8. The Morgan fingerprint density at radius 2 is 2.00 bits per heavy atom. The van der Waals surface area contributed by atoms with Crippen LogP contribution in [0.15, 0.2) is 0 Å². The molecule has 0 saturated heterocycles. The lowest BCUT2D eigenvalue weighted by molar-refractivity contribution is -0.137. The average Bonchev–Trinajstić information content (AvgIpc) is 2.11. The summed E-state index contributed by atoms with van der Waals surface area (Å²) in [5.41, 5.74) is 0. The van der Waals surface area contributed by atoms with Crippen molar-refractivity contribution in [3.05, 3.63) is 9.88 Å². The van der Waals surface area contributed by atoms with Gasteiger partial charge in [0.25, 0.3) is 0 Å². The number of hydrogen-bond acceptors (Lipinski definition) is 3. The van der Waals surface area contributed by atoms with E-state index in [1.165, 1.54) is 6.92 Å². The second-order valence-corrected chi connectivity index (χ2v) is 3.10. The summed E-state index contributed by atoms with van der Waals surface area (Å²) in [5.74, 6) is -0.540. The van der Waals surface area contributed by atoms with Crippen LogP contribution in [-0.4, -0.2) is 10.1 Å². The first kappa shape index (κ1) is 8.32. The van der Waals surface area contributed by atoms with E-state index in [1.54, 1.807) is 0 Å². The first-order valence-corrected chi connectivity index (χ1v) is 3.46. The SMILES string of the molecule is Cc1sc(C(F)(F)F)nc1O. The molecule has 1 rings (SSSR count). The molecule has 0 aromatic carbocycles. The first-order valence-electron chi connectivity index (χ1n) is 2.65. The summed E-state index contributed by atoms with van der Waals surface area (Å²) < 4.78 is 35.5. The van der Waals surface area contributed by atoms with Gasteiger partial charge in [-0.25, -0.2) is 0 Å². The van der Waals surface area contributed by atoms with Gasteiger partial charge in [0.15, 0.2) is 0 Å². The number of thiazole rings is 1. The minimum absolute atomic E-state index is 0.178. The molecule has 0 fully saturated rings. The van der Waals surface area contributed by atoms with Crippen LogP contribution in [0.3, 0.4) is 0 Å². The minimum Gasteiger partial charge on any atom is -0.492 e. The van der Waals surface area contributed by atoms with Crippen LogP contribution >= 0.6 is 11.3 Å². The standard InChI is InChI=1S/C5H4F3NOS/c1-2-3(10)9-4(11-2)5(6,7)8/h10H,1H3. The van der Waals surface area contributed by atoms with Crippen molar-refractivity contribution in [3.63, 3.8) is 0 Å². The lowest BCUT2D eigenvalue weighted by Gasteiger charge is -1.97. The normalized spacial score (nSPS) is 12.0. The van der Waals surface area contributed by atoms with Crippen molar-refractivity contribution in [2.24, 2.45) is 0 Å². The predicted octanol–water partition coefficient (Wildman–Crippen LogP) is 2.18. The van der Waals surface area contributed by atoms with Crippen molar-refractivity contribution < 1.29 is 18.3 Å². The van der Waals surface area contributed by atoms with Crippen molar-refractivity contribution in [1.82, 2.24) is 4.98 Å². The molecule has 1 aromatic rings. The number of alkyl halides is 3. The van der Waals surface area contributed by atoms with E-state index in [0.717, 1.165) is 0 Å². The van der Waals surface area contributed by atoms with Crippen LogP contribution in [0.5, 0.6) is 5.88 Å². The van der Waals surface area contributed by atoms with Crippen LogP contribution in [0.2, 0.25) is 0 Å². The van der Waals surface area contributed by atoms with E-state index in [0.29, 0.717) is 11.3 Å². The fourth-order valence-electron chi connectivity index (χ4n) is 0.510. The Morgan fingerprint density at radius 3 is 2.18 bits per heavy atom. The molecule has 0 radical (unpaired) electrons. The van der Waals surface area contributed by atoms with Gasteiger partial charge >= 0.3 is 6.18 Å². The van der Waals surface area contributed by atoms with Gasteiger partial charge in [-0.1, -0.05) is 0 Å². The van der Waals surface area contributed by atoms with Crippen LogP contribution in [0.25, 0.3) is 0 Å². The van der Waals surface area contributed by atoms with Crippen LogP contribution in [0.4, 0.5) is 13.2 Å². The molecule has 0 spiro atoms. The zero-order valence-corrected chi connectivity index (χ0v) is 6.25. The Morgan fingerprint density at radius 1 is 1.45 bits per heavy atom. The predicted molar refractivity (Wildman–Crippen MR) is 33.5 cm³/mol. The second kappa shape index (κ2) is 2.37. The molecule has 1 aromatic heterocycles. The molecule has 0 aliphatic rings. The van der Waals surface area contributed by atoms with E-state index in [1.807, 2.05) is 0 Å². The quantitative estimate of drug-likeness (QED) is 0.668. The highest BCUT2D eigenvalue weighted by Gasteiger charge is 2.35. The van der Waals surface area contributed by atoms with Crippen molar-refractivity contribution in [3.8, 4) is 5.88 Å². The highest BCUT2D eigenvalue weighted by atomic mass is 32.1. The molecule has 0 aliphatic heterocycles. The summed E-state index contributed by atoms with van der Waals surface area (Å²) in [6.07, 6.45) is -4.45. The number of hydrogen-bond donors (Lipinski definition) is 1. The largest absolute Gasteiger partial charge is 0.492 e. The second-order valence-electron chi connectivity index (χ2n) is 1.90. The number of aryl methyl sites for hydroxylation is 1. The van der Waals surface area contributed by atoms with Gasteiger partial charge in [0.1, 0.15) is 0 Å². The van der Waals surface area contributed by atoms with E-state index in [2.05, 4.69) is 4.98 Å². The van der Waals surface area contributed by atoms with Gasteiger partial charge in [-0.2, -0.15) is 18.2 Å². The lowest BCUT2D eigenvalue weighted by Crippen LogP contribution is -2.03. The Balaban J connectivity index is 3.08. The molecule has 0 unspecified atom stereocenters. The lowest BCUT2D eigenvalue weighted by atomic mass is 10.6. The van der Waals surface area contributed by atoms with Gasteiger partial charge < -0.3 is 5.11 Å². The van der Waals surface area contributed by atoms with Gasteiger partial charge in [0, 0.05) is 0 Å². The van der Waals surface area contributed by atoms with E-state index >= 15 is 0 Å². The average molecular weight is 183 g/mol. The Labute approximate surface area is 64.3 Å². The molecule has 62 valence electrons. The third-order valence-corrected chi connectivity index (χ3v) is 2.02. The third kappa shape index (κ3) is 1.62. The summed E-state index contributed by atoms with van der Waals surface area (Å²) in [6.45, 7) is 1.38. The molecule has 1 N–H and O–H groups in total. The van der Waals surface area contributed by atoms with Crippen molar-refractivity contribution in [2.45, 2.75) is 13.1 Å². The van der Waals surface area contributed by atoms with Crippen LogP contribution in [-0.2, 0) is 6.18 Å². The van der Waals surface area contributed by atoms with E-state index in [-0.39, 0.29) is 4.88 Å². The fourth-order valence-corrected chi connectivity index (χ4v) is 1.18. The fraction of sp³-hybridized carbons (Fsp3) is 0.400. The summed E-state index contributed by atoms with van der Waals surface area (Å²) in [7, 11) is 0. The highest BCUT2D eigenvalue weighted by molar-refractivity contribution is 7.11. The van der Waals surface area contributed by atoms with Gasteiger partial charge in [0.2, 0.25) is 10.9 Å². The molecular weight excluding hydrogens is 179 g/mol. The highest BCUT2D eigenvalue weighted by Crippen LogP contribution is 2.35. The monoisotopic (exact) mass is 183 g/mol. The molecule has 1 heterocycles. The summed E-state index contributed by atoms with van der Waals surface area (Å²) in [4.78, 5) is 3.11. The number of aromatic hydroxyl groups is 1.